The predicted molar refractivity (Wildman–Crippen MR) is 138 cm³/mol. The first-order chi connectivity index (χ1) is 18.7. The molecule has 2 saturated heterocycles. The van der Waals surface area contributed by atoms with E-state index in [9.17, 15) is 24.3 Å². The van der Waals surface area contributed by atoms with Crippen LogP contribution >= 0.6 is 11.8 Å². The summed E-state index contributed by atoms with van der Waals surface area (Å²) >= 11 is 1.36. The molecule has 1 aromatic carbocycles. The van der Waals surface area contributed by atoms with E-state index in [1.54, 1.807) is 4.90 Å². The third-order valence-electron chi connectivity index (χ3n) is 7.79. The van der Waals surface area contributed by atoms with Gasteiger partial charge in [-0.15, -0.1) is 11.8 Å². The van der Waals surface area contributed by atoms with Gasteiger partial charge in [0.25, 0.3) is 0 Å². The molecule has 1 saturated carbocycles. The van der Waals surface area contributed by atoms with Gasteiger partial charge in [-0.1, -0.05) is 0 Å². The van der Waals surface area contributed by atoms with Crippen molar-refractivity contribution < 1.29 is 33.0 Å². The number of ether oxygens (including phenoxy) is 1. The summed E-state index contributed by atoms with van der Waals surface area (Å²) in [5, 5.41) is 9.12. The van der Waals surface area contributed by atoms with E-state index in [0.29, 0.717) is 38.9 Å². The average molecular weight is 561 g/mol. The molecule has 1 aliphatic carbocycles. The second kappa shape index (κ2) is 9.63. The molecule has 206 valence electrons. The van der Waals surface area contributed by atoms with E-state index in [-0.39, 0.29) is 63.3 Å². The zero-order valence-corrected chi connectivity index (χ0v) is 21.6. The molecule has 0 spiro atoms. The monoisotopic (exact) mass is 560 g/mol. The molecule has 3 aliphatic heterocycles. The number of carboxylic acids is 1. The van der Waals surface area contributed by atoms with Crippen LogP contribution in [0.1, 0.15) is 42.1 Å². The van der Waals surface area contributed by atoms with Gasteiger partial charge in [-0.05, 0) is 37.8 Å². The standard InChI is InChI=1S/C26H26F2N4O6S/c27-17-5-15-22(20(28)23(17)30-4-3-12(7-29)8-30)31(14-1-2-14)9-16(24(15)34)26(37)38-10-13-11-39-19-6-18(33)32(19)21(13)25(35)36/h5,9,12,14,19H,1-4,6-8,10-11,29H2,(H,35,36). The number of fused-ring (bicyclic) bond motifs is 2. The second-order valence-corrected chi connectivity index (χ2v) is 11.5. The van der Waals surface area contributed by atoms with Crippen molar-refractivity contribution in [3.8, 4) is 0 Å². The van der Waals surface area contributed by atoms with E-state index in [4.69, 9.17) is 10.5 Å². The van der Waals surface area contributed by atoms with E-state index in [2.05, 4.69) is 0 Å². The smallest absolute Gasteiger partial charge is 0.352 e. The highest BCUT2D eigenvalue weighted by Gasteiger charge is 2.45. The summed E-state index contributed by atoms with van der Waals surface area (Å²) in [7, 11) is 0. The number of esters is 1. The first-order valence-electron chi connectivity index (χ1n) is 12.8. The minimum atomic E-state index is -1.31. The summed E-state index contributed by atoms with van der Waals surface area (Å²) in [6.45, 7) is 0.813. The Labute approximate surface area is 225 Å². The fourth-order valence-electron chi connectivity index (χ4n) is 5.56. The normalized spacial score (nSPS) is 22.8. The lowest BCUT2D eigenvalue weighted by molar-refractivity contribution is -0.146. The van der Waals surface area contributed by atoms with E-state index in [0.717, 1.165) is 6.07 Å². The van der Waals surface area contributed by atoms with Gasteiger partial charge in [-0.2, -0.15) is 0 Å². The molecule has 1 amide bonds. The Bertz CT molecular complexity index is 1520. The zero-order valence-electron chi connectivity index (χ0n) is 20.8. The van der Waals surface area contributed by atoms with Gasteiger partial charge in [0.2, 0.25) is 11.3 Å². The SMILES string of the molecule is NCC1CCN(c2c(F)cc3c(=O)c(C(=O)OCC4=C(C(=O)O)N5C(=O)CC5SC4)cn(C4CC4)c3c2F)C1. The van der Waals surface area contributed by atoms with Gasteiger partial charge in [0.05, 0.1) is 22.7 Å². The van der Waals surface area contributed by atoms with E-state index in [1.165, 1.54) is 27.4 Å². The number of β-lactam (4-membered cyclic amide) rings is 1. The average Bonchev–Trinajstić information content (AvgIpc) is 3.64. The van der Waals surface area contributed by atoms with Gasteiger partial charge in [0, 0.05) is 36.7 Å². The third kappa shape index (κ3) is 4.27. The number of aliphatic carboxylic acids is 1. The molecule has 0 radical (unpaired) electrons. The molecule has 3 N–H and O–H groups in total. The number of pyridine rings is 1. The van der Waals surface area contributed by atoms with Crippen LogP contribution in [-0.2, 0) is 14.3 Å². The van der Waals surface area contributed by atoms with E-state index < -0.39 is 41.2 Å². The van der Waals surface area contributed by atoms with Crippen molar-refractivity contribution in [2.45, 2.75) is 37.1 Å². The van der Waals surface area contributed by atoms with Crippen molar-refractivity contribution in [2.75, 3.05) is 36.9 Å². The number of hydrogen-bond acceptors (Lipinski definition) is 8. The summed E-state index contributed by atoms with van der Waals surface area (Å²) in [4.78, 5) is 53.0. The number of amides is 1. The number of anilines is 1. The van der Waals surface area contributed by atoms with Gasteiger partial charge in [0.15, 0.2) is 5.82 Å². The van der Waals surface area contributed by atoms with Crippen LogP contribution in [0, 0.1) is 17.6 Å². The summed E-state index contributed by atoms with van der Waals surface area (Å²) in [6.07, 6.45) is 3.60. The van der Waals surface area contributed by atoms with E-state index >= 15 is 8.78 Å². The minimum Gasteiger partial charge on any atom is -0.477 e. The fraction of sp³-hybridized carbons (Fsp3) is 0.462. The molecule has 3 fully saturated rings. The van der Waals surface area contributed by atoms with Crippen LogP contribution in [0.3, 0.4) is 0 Å². The quantitative estimate of drug-likeness (QED) is 0.386. The topological polar surface area (TPSA) is 135 Å². The number of aromatic nitrogens is 1. The number of benzene rings is 1. The van der Waals surface area contributed by atoms with Crippen LogP contribution in [0.2, 0.25) is 0 Å². The number of nitrogens with zero attached hydrogens (tertiary/aromatic N) is 3. The molecule has 2 aromatic rings. The summed E-state index contributed by atoms with van der Waals surface area (Å²) < 4.78 is 38.0. The fourth-order valence-corrected chi connectivity index (χ4v) is 6.80. The summed E-state index contributed by atoms with van der Waals surface area (Å²) in [6, 6.07) is 0.813. The number of hydrogen-bond donors (Lipinski definition) is 2. The molecule has 2 unspecified atom stereocenters. The number of thioether (sulfide) groups is 1. The highest BCUT2D eigenvalue weighted by Crippen LogP contribution is 2.41. The van der Waals surface area contributed by atoms with E-state index in [1.807, 2.05) is 0 Å². The third-order valence-corrected chi connectivity index (χ3v) is 9.07. The number of rotatable bonds is 7. The molecular weight excluding hydrogens is 534 g/mol. The zero-order chi connectivity index (χ0) is 27.6. The molecule has 4 heterocycles. The number of carbonyl (C=O) groups is 3. The summed E-state index contributed by atoms with van der Waals surface area (Å²) in [5.74, 6) is -4.06. The van der Waals surface area contributed by atoms with Crippen molar-refractivity contribution in [3.05, 3.63) is 51.0 Å². The highest BCUT2D eigenvalue weighted by molar-refractivity contribution is 8.00. The van der Waals surface area contributed by atoms with Gasteiger partial charge in [-0.3, -0.25) is 14.5 Å². The lowest BCUT2D eigenvalue weighted by Crippen LogP contribution is -2.54. The second-order valence-electron chi connectivity index (χ2n) is 10.3. The van der Waals surface area contributed by atoms with Gasteiger partial charge in [-0.25, -0.2) is 18.4 Å². The van der Waals surface area contributed by atoms with Gasteiger partial charge >= 0.3 is 11.9 Å². The lowest BCUT2D eigenvalue weighted by atomic mass is 10.1. The minimum absolute atomic E-state index is 0.0615. The first-order valence-corrected chi connectivity index (χ1v) is 13.8. The molecular formula is C26H26F2N4O6S. The molecule has 39 heavy (non-hydrogen) atoms. The predicted octanol–water partition coefficient (Wildman–Crippen LogP) is 2.20. The van der Waals surface area contributed by atoms with Crippen LogP contribution in [0.4, 0.5) is 14.5 Å². The Kier molecular flexibility index (Phi) is 6.37. The number of carbonyl (C=O) groups excluding carboxylic acids is 2. The molecule has 6 rings (SSSR count). The van der Waals surface area contributed by atoms with Crippen LogP contribution in [-0.4, -0.2) is 69.8 Å². The van der Waals surface area contributed by atoms with Crippen LogP contribution in [0.15, 0.2) is 28.3 Å². The maximum Gasteiger partial charge on any atom is 0.352 e. The first kappa shape index (κ1) is 25.8. The maximum atomic E-state index is 15.9. The van der Waals surface area contributed by atoms with Gasteiger partial charge < -0.3 is 25.0 Å². The Morgan fingerprint density at radius 1 is 1.21 bits per heavy atom. The van der Waals surface area contributed by atoms with Crippen LogP contribution in [0.5, 0.6) is 0 Å². The van der Waals surface area contributed by atoms with Crippen LogP contribution in [0.25, 0.3) is 10.9 Å². The number of halogens is 2. The molecule has 10 nitrogen and oxygen atoms in total. The lowest BCUT2D eigenvalue weighted by Gasteiger charge is -2.43. The molecule has 13 heteroatoms. The highest BCUT2D eigenvalue weighted by atomic mass is 32.2. The summed E-state index contributed by atoms with van der Waals surface area (Å²) in [5.41, 5.74) is 4.22. The molecule has 2 atom stereocenters. The van der Waals surface area contributed by atoms with Gasteiger partial charge in [0.1, 0.15) is 29.4 Å². The van der Waals surface area contributed by atoms with Crippen molar-refractivity contribution in [3.63, 3.8) is 0 Å². The molecule has 0 bridgehead atoms. The number of nitrogens with two attached hydrogens (primary N) is 1. The number of carboxylic acid groups (broad SMARTS) is 1. The van der Waals surface area contributed by atoms with Crippen molar-refractivity contribution in [1.82, 2.24) is 9.47 Å². The van der Waals surface area contributed by atoms with Crippen molar-refractivity contribution in [1.29, 1.82) is 0 Å². The Morgan fingerprint density at radius 3 is 2.62 bits per heavy atom. The van der Waals surface area contributed by atoms with Crippen LogP contribution < -0.4 is 16.1 Å². The molecule has 1 aromatic heterocycles. The Balaban J connectivity index is 1.35. The largest absolute Gasteiger partial charge is 0.477 e. The maximum absolute atomic E-state index is 15.9. The van der Waals surface area contributed by atoms with Crippen molar-refractivity contribution >= 4 is 46.2 Å². The molecule has 4 aliphatic rings. The van der Waals surface area contributed by atoms with Crippen molar-refractivity contribution in [2.24, 2.45) is 11.7 Å². The Morgan fingerprint density at radius 2 is 1.97 bits per heavy atom. The Hall–Kier alpha value is -3.45.